The number of nitrogens with zero attached hydrogens (tertiary/aromatic N) is 1. The van der Waals surface area contributed by atoms with Crippen LogP contribution in [0.5, 0.6) is 0 Å². The lowest BCUT2D eigenvalue weighted by atomic mass is 10.1. The molecule has 2 rings (SSSR count). The van der Waals surface area contributed by atoms with Crippen LogP contribution < -0.4 is 10.6 Å². The number of pyridine rings is 1. The van der Waals surface area contributed by atoms with Crippen LogP contribution in [0.1, 0.15) is 31.1 Å². The van der Waals surface area contributed by atoms with Gasteiger partial charge in [0.05, 0.1) is 41.1 Å². The predicted molar refractivity (Wildman–Crippen MR) is 99.2 cm³/mol. The number of aromatic nitrogens is 1. The first kappa shape index (κ1) is 20.3. The van der Waals surface area contributed by atoms with E-state index in [9.17, 15) is 14.4 Å². The summed E-state index contributed by atoms with van der Waals surface area (Å²) in [5.41, 5.74) is 0.864. The molecule has 0 bridgehead atoms. The highest BCUT2D eigenvalue weighted by atomic mass is 35.5. The van der Waals surface area contributed by atoms with Gasteiger partial charge in [0, 0.05) is 26.0 Å². The van der Waals surface area contributed by atoms with Crippen LogP contribution in [0.2, 0.25) is 5.02 Å². The van der Waals surface area contributed by atoms with Crippen LogP contribution in [0.3, 0.4) is 0 Å². The number of methoxy groups -OCH3 is 2. The normalized spacial score (nSPS) is 10.2. The number of nitrogens with one attached hydrogen (secondary N) is 2. The second-order valence-corrected chi connectivity index (χ2v) is 5.76. The van der Waals surface area contributed by atoms with Crippen molar-refractivity contribution in [3.8, 4) is 0 Å². The van der Waals surface area contributed by atoms with Crippen molar-refractivity contribution in [1.29, 1.82) is 0 Å². The fourth-order valence-electron chi connectivity index (χ4n) is 2.12. The minimum absolute atomic E-state index is 0.161. The zero-order valence-electron chi connectivity index (χ0n) is 14.7. The Kier molecular flexibility index (Phi) is 7.27. The van der Waals surface area contributed by atoms with E-state index in [0.717, 1.165) is 0 Å². The number of carbonyl (C=O) groups is 3. The number of carbonyl (C=O) groups excluding carboxylic acids is 3. The maximum atomic E-state index is 12.5. The van der Waals surface area contributed by atoms with Gasteiger partial charge in [0.2, 0.25) is 0 Å². The molecule has 8 nitrogen and oxygen atoms in total. The van der Waals surface area contributed by atoms with E-state index in [2.05, 4.69) is 20.4 Å². The third kappa shape index (κ3) is 5.50. The second kappa shape index (κ2) is 9.65. The SMILES string of the molecule is COCCNC(=O)c1cncc(C(=O)Nc2cc(C(=O)OC)ccc2Cl)c1. The van der Waals surface area contributed by atoms with Crippen LogP contribution in [-0.2, 0) is 9.47 Å². The molecule has 2 aromatic rings. The van der Waals surface area contributed by atoms with E-state index in [0.29, 0.717) is 13.2 Å². The molecule has 0 spiro atoms. The third-order valence-electron chi connectivity index (χ3n) is 3.49. The van der Waals surface area contributed by atoms with E-state index < -0.39 is 11.9 Å². The monoisotopic (exact) mass is 391 g/mol. The zero-order chi connectivity index (χ0) is 19.8. The van der Waals surface area contributed by atoms with Gasteiger partial charge in [-0.3, -0.25) is 14.6 Å². The Bertz CT molecular complexity index is 857. The van der Waals surface area contributed by atoms with Crippen LogP contribution in [0.15, 0.2) is 36.7 Å². The van der Waals surface area contributed by atoms with Gasteiger partial charge in [-0.05, 0) is 24.3 Å². The highest BCUT2D eigenvalue weighted by molar-refractivity contribution is 6.34. The van der Waals surface area contributed by atoms with Crippen LogP contribution in [0, 0.1) is 0 Å². The first-order valence-corrected chi connectivity index (χ1v) is 8.25. The molecule has 2 N–H and O–H groups in total. The van der Waals surface area contributed by atoms with Crippen molar-refractivity contribution in [2.24, 2.45) is 0 Å². The Hall–Kier alpha value is -2.97. The molecular formula is C18H18ClN3O5. The molecule has 1 heterocycles. The molecule has 0 radical (unpaired) electrons. The number of hydrogen-bond acceptors (Lipinski definition) is 6. The molecule has 0 aliphatic carbocycles. The van der Waals surface area contributed by atoms with E-state index in [-0.39, 0.29) is 33.3 Å². The maximum absolute atomic E-state index is 12.5. The molecule has 27 heavy (non-hydrogen) atoms. The summed E-state index contributed by atoms with van der Waals surface area (Å²) in [4.78, 5) is 40.1. The van der Waals surface area contributed by atoms with Gasteiger partial charge in [-0.2, -0.15) is 0 Å². The van der Waals surface area contributed by atoms with Crippen LogP contribution >= 0.6 is 11.6 Å². The number of halogens is 1. The number of hydrogen-bond donors (Lipinski definition) is 2. The fourth-order valence-corrected chi connectivity index (χ4v) is 2.28. The van der Waals surface area contributed by atoms with Crippen molar-refractivity contribution in [3.63, 3.8) is 0 Å². The van der Waals surface area contributed by atoms with E-state index in [1.807, 2.05) is 0 Å². The lowest BCUT2D eigenvalue weighted by molar-refractivity contribution is 0.0600. The smallest absolute Gasteiger partial charge is 0.337 e. The van der Waals surface area contributed by atoms with Crippen molar-refractivity contribution in [2.75, 3.05) is 32.7 Å². The highest BCUT2D eigenvalue weighted by Gasteiger charge is 2.14. The summed E-state index contributed by atoms with van der Waals surface area (Å²) in [5.74, 6) is -1.46. The first-order valence-electron chi connectivity index (χ1n) is 7.87. The second-order valence-electron chi connectivity index (χ2n) is 5.35. The standard InChI is InChI=1S/C18H18ClN3O5/c1-26-6-5-21-16(23)12-7-13(10-20-9-12)17(24)22-15-8-11(18(25)27-2)3-4-14(15)19/h3-4,7-10H,5-6H2,1-2H3,(H,21,23)(H,22,24). The largest absolute Gasteiger partial charge is 0.465 e. The molecule has 0 atom stereocenters. The highest BCUT2D eigenvalue weighted by Crippen LogP contribution is 2.24. The minimum Gasteiger partial charge on any atom is -0.465 e. The summed E-state index contributed by atoms with van der Waals surface area (Å²) in [6.07, 6.45) is 2.67. The van der Waals surface area contributed by atoms with Gasteiger partial charge >= 0.3 is 5.97 Å². The quantitative estimate of drug-likeness (QED) is 0.553. The van der Waals surface area contributed by atoms with Crippen LogP contribution in [0.25, 0.3) is 0 Å². The van der Waals surface area contributed by atoms with Gasteiger partial charge < -0.3 is 20.1 Å². The van der Waals surface area contributed by atoms with E-state index in [1.165, 1.54) is 50.9 Å². The molecule has 1 aromatic heterocycles. The summed E-state index contributed by atoms with van der Waals surface area (Å²) in [6, 6.07) is 5.76. The molecule has 0 aliphatic rings. The molecule has 2 amide bonds. The van der Waals surface area contributed by atoms with Crippen LogP contribution in [-0.4, -0.2) is 50.1 Å². The molecule has 0 saturated carbocycles. The number of benzene rings is 1. The summed E-state index contributed by atoms with van der Waals surface area (Å²) in [5, 5.41) is 5.48. The zero-order valence-corrected chi connectivity index (χ0v) is 15.5. The summed E-state index contributed by atoms with van der Waals surface area (Å²) in [7, 11) is 2.78. The molecule has 0 aliphatic heterocycles. The third-order valence-corrected chi connectivity index (χ3v) is 3.82. The van der Waals surface area contributed by atoms with Gasteiger partial charge in [0.25, 0.3) is 11.8 Å². The van der Waals surface area contributed by atoms with Crippen molar-refractivity contribution in [1.82, 2.24) is 10.3 Å². The van der Waals surface area contributed by atoms with Crippen molar-refractivity contribution in [2.45, 2.75) is 0 Å². The minimum atomic E-state index is -0.557. The van der Waals surface area contributed by atoms with Gasteiger partial charge in [0.15, 0.2) is 0 Å². The summed E-state index contributed by atoms with van der Waals surface area (Å²) >= 11 is 6.07. The molecular weight excluding hydrogens is 374 g/mol. The molecule has 142 valence electrons. The average molecular weight is 392 g/mol. The van der Waals surface area contributed by atoms with Crippen LogP contribution in [0.4, 0.5) is 5.69 Å². The lowest BCUT2D eigenvalue weighted by Gasteiger charge is -2.10. The van der Waals surface area contributed by atoms with Gasteiger partial charge in [-0.25, -0.2) is 4.79 Å². The Balaban J connectivity index is 2.16. The van der Waals surface area contributed by atoms with Gasteiger partial charge in [0.1, 0.15) is 0 Å². The molecule has 9 heteroatoms. The number of amides is 2. The van der Waals surface area contributed by atoms with Crippen molar-refractivity contribution >= 4 is 35.1 Å². The van der Waals surface area contributed by atoms with Crippen molar-refractivity contribution < 1.29 is 23.9 Å². The lowest BCUT2D eigenvalue weighted by Crippen LogP contribution is -2.27. The molecule has 0 fully saturated rings. The molecule has 0 saturated heterocycles. The number of rotatable bonds is 7. The maximum Gasteiger partial charge on any atom is 0.337 e. The Labute approximate surface area is 160 Å². The Morgan fingerprint density at radius 1 is 1.04 bits per heavy atom. The average Bonchev–Trinajstić information content (AvgIpc) is 2.69. The Morgan fingerprint density at radius 3 is 2.41 bits per heavy atom. The molecule has 1 aromatic carbocycles. The van der Waals surface area contributed by atoms with Crippen molar-refractivity contribution in [3.05, 3.63) is 58.4 Å². The predicted octanol–water partition coefficient (Wildman–Crippen LogP) is 2.15. The summed E-state index contributed by atoms with van der Waals surface area (Å²) in [6.45, 7) is 0.704. The van der Waals surface area contributed by atoms with Gasteiger partial charge in [-0.1, -0.05) is 11.6 Å². The topological polar surface area (TPSA) is 107 Å². The molecule has 0 unspecified atom stereocenters. The fraction of sp³-hybridized carbons (Fsp3) is 0.222. The summed E-state index contributed by atoms with van der Waals surface area (Å²) < 4.78 is 9.51. The number of anilines is 1. The number of esters is 1. The Morgan fingerprint density at radius 2 is 1.74 bits per heavy atom. The van der Waals surface area contributed by atoms with Gasteiger partial charge in [-0.15, -0.1) is 0 Å². The van der Waals surface area contributed by atoms with E-state index in [4.69, 9.17) is 16.3 Å². The first-order chi connectivity index (χ1) is 13.0. The number of ether oxygens (including phenoxy) is 2. The van der Waals surface area contributed by atoms with E-state index >= 15 is 0 Å². The van der Waals surface area contributed by atoms with E-state index in [1.54, 1.807) is 0 Å².